The van der Waals surface area contributed by atoms with Gasteiger partial charge in [-0.15, -0.1) is 0 Å². The maximum absolute atomic E-state index is 9.45. The number of aromatic nitrogens is 2. The Morgan fingerprint density at radius 2 is 2.04 bits per heavy atom. The molecule has 0 saturated carbocycles. The third kappa shape index (κ3) is 2.59. The van der Waals surface area contributed by atoms with Gasteiger partial charge in [-0.05, 0) is 31.0 Å². The molecule has 3 heterocycles. The van der Waals surface area contributed by atoms with E-state index in [1.165, 1.54) is 12.8 Å². The molecule has 1 fully saturated rings. The van der Waals surface area contributed by atoms with Crippen molar-refractivity contribution in [1.29, 1.82) is 5.26 Å². The molecule has 3 aromatic rings. The predicted octanol–water partition coefficient (Wildman–Crippen LogP) is 3.82. The molecule has 5 nitrogen and oxygen atoms in total. The second kappa shape index (κ2) is 5.65. The highest BCUT2D eigenvalue weighted by molar-refractivity contribution is 5.89. The van der Waals surface area contributed by atoms with E-state index < -0.39 is 0 Å². The van der Waals surface area contributed by atoms with Gasteiger partial charge in [0.25, 0.3) is 0 Å². The minimum absolute atomic E-state index is 0.462. The Bertz CT molecular complexity index is 873. The van der Waals surface area contributed by atoms with Crippen molar-refractivity contribution in [2.45, 2.75) is 12.8 Å². The second-order valence-corrected chi connectivity index (χ2v) is 5.64. The van der Waals surface area contributed by atoms with Crippen LogP contribution in [0.5, 0.6) is 0 Å². The van der Waals surface area contributed by atoms with Crippen LogP contribution in [0.4, 0.5) is 5.88 Å². The highest BCUT2D eigenvalue weighted by atomic mass is 16.4. The summed E-state index contributed by atoms with van der Waals surface area (Å²) in [5, 5.41) is 9.45. The first-order chi connectivity index (χ1) is 11.3. The average Bonchev–Trinajstić information content (AvgIpc) is 3.30. The van der Waals surface area contributed by atoms with Crippen molar-refractivity contribution in [2.75, 3.05) is 18.0 Å². The Labute approximate surface area is 133 Å². The van der Waals surface area contributed by atoms with Crippen LogP contribution in [0.25, 0.3) is 22.7 Å². The van der Waals surface area contributed by atoms with E-state index in [2.05, 4.69) is 20.9 Å². The summed E-state index contributed by atoms with van der Waals surface area (Å²) in [6.07, 6.45) is 4.14. The number of nitrogens with one attached hydrogen (secondary N) is 1. The van der Waals surface area contributed by atoms with Gasteiger partial charge in [0, 0.05) is 25.2 Å². The number of rotatable bonds is 3. The molecule has 114 valence electrons. The molecule has 0 atom stereocenters. The molecule has 0 amide bonds. The van der Waals surface area contributed by atoms with Gasteiger partial charge in [-0.3, -0.25) is 0 Å². The molecule has 0 spiro atoms. The minimum atomic E-state index is 0.462. The number of anilines is 1. The van der Waals surface area contributed by atoms with Crippen LogP contribution < -0.4 is 4.90 Å². The lowest BCUT2D eigenvalue weighted by Crippen LogP contribution is -2.16. The van der Waals surface area contributed by atoms with E-state index in [-0.39, 0.29) is 0 Å². The van der Waals surface area contributed by atoms with Gasteiger partial charge >= 0.3 is 0 Å². The number of nitrogens with zero attached hydrogens (tertiary/aromatic N) is 3. The third-order valence-corrected chi connectivity index (χ3v) is 4.08. The van der Waals surface area contributed by atoms with Crippen molar-refractivity contribution in [3.63, 3.8) is 0 Å². The summed E-state index contributed by atoms with van der Waals surface area (Å²) in [6, 6.07) is 13.8. The zero-order chi connectivity index (χ0) is 15.6. The first-order valence-corrected chi connectivity index (χ1v) is 7.75. The molecule has 23 heavy (non-hydrogen) atoms. The van der Waals surface area contributed by atoms with E-state index in [0.29, 0.717) is 17.2 Å². The van der Waals surface area contributed by atoms with Crippen LogP contribution in [0.2, 0.25) is 0 Å². The van der Waals surface area contributed by atoms with Gasteiger partial charge in [-0.1, -0.05) is 12.1 Å². The maximum atomic E-state index is 9.45. The number of hydrogen-bond acceptors (Lipinski definition) is 4. The topological polar surface area (TPSA) is 68.8 Å². The Hall–Kier alpha value is -3.00. The van der Waals surface area contributed by atoms with Crippen molar-refractivity contribution < 1.29 is 4.42 Å². The Kier molecular flexibility index (Phi) is 3.35. The molecule has 1 aliphatic heterocycles. The molecular formula is C18H16N4O. The number of hydrogen-bond donors (Lipinski definition) is 1. The van der Waals surface area contributed by atoms with E-state index in [1.807, 2.05) is 36.4 Å². The molecule has 1 aliphatic rings. The maximum Gasteiger partial charge on any atom is 0.196 e. The Morgan fingerprint density at radius 3 is 2.83 bits per heavy atom. The first kappa shape index (κ1) is 13.6. The van der Waals surface area contributed by atoms with Gasteiger partial charge in [0.15, 0.2) is 5.88 Å². The molecule has 1 saturated heterocycles. The molecule has 0 bridgehead atoms. The summed E-state index contributed by atoms with van der Waals surface area (Å²) < 4.78 is 5.85. The van der Waals surface area contributed by atoms with Crippen molar-refractivity contribution >= 4 is 28.6 Å². The van der Waals surface area contributed by atoms with Crippen LogP contribution in [-0.2, 0) is 0 Å². The lowest BCUT2D eigenvalue weighted by molar-refractivity contribution is 0.548. The van der Waals surface area contributed by atoms with Crippen molar-refractivity contribution in [3.8, 4) is 6.07 Å². The summed E-state index contributed by atoms with van der Waals surface area (Å²) in [5.74, 6) is 2.10. The first-order valence-electron chi connectivity index (χ1n) is 7.75. The fourth-order valence-electron chi connectivity index (χ4n) is 2.90. The smallest absolute Gasteiger partial charge is 0.196 e. The van der Waals surface area contributed by atoms with E-state index in [4.69, 9.17) is 4.42 Å². The molecule has 1 N–H and O–H groups in total. The lowest BCUT2D eigenvalue weighted by Gasteiger charge is -2.12. The van der Waals surface area contributed by atoms with E-state index in [9.17, 15) is 5.26 Å². The number of para-hydroxylation sites is 2. The number of nitriles is 1. The molecule has 1 aromatic carbocycles. The van der Waals surface area contributed by atoms with E-state index >= 15 is 0 Å². The van der Waals surface area contributed by atoms with Crippen LogP contribution in [-0.4, -0.2) is 23.1 Å². The predicted molar refractivity (Wildman–Crippen MR) is 89.7 cm³/mol. The summed E-state index contributed by atoms with van der Waals surface area (Å²) in [4.78, 5) is 9.87. The van der Waals surface area contributed by atoms with Crippen molar-refractivity contribution in [3.05, 3.63) is 48.0 Å². The SMILES string of the molecule is N#CC(=Cc1ccc(N2CCCC2)o1)c1nc2ccccc2[nH]1. The highest BCUT2D eigenvalue weighted by Gasteiger charge is 2.16. The van der Waals surface area contributed by atoms with Gasteiger partial charge in [0.05, 0.1) is 16.6 Å². The second-order valence-electron chi connectivity index (χ2n) is 5.64. The molecule has 0 aliphatic carbocycles. The van der Waals surface area contributed by atoms with Crippen LogP contribution in [0.1, 0.15) is 24.4 Å². The number of allylic oxidation sites excluding steroid dienone is 1. The molecule has 0 radical (unpaired) electrons. The van der Waals surface area contributed by atoms with Crippen molar-refractivity contribution in [2.24, 2.45) is 0 Å². The number of aromatic amines is 1. The van der Waals surface area contributed by atoms with Crippen LogP contribution in [0.15, 0.2) is 40.8 Å². The van der Waals surface area contributed by atoms with Crippen LogP contribution in [0.3, 0.4) is 0 Å². The monoisotopic (exact) mass is 304 g/mol. The van der Waals surface area contributed by atoms with E-state index in [1.54, 1.807) is 6.08 Å². The van der Waals surface area contributed by atoms with Crippen LogP contribution in [0, 0.1) is 11.3 Å². The zero-order valence-electron chi connectivity index (χ0n) is 12.6. The Balaban J connectivity index is 1.66. The summed E-state index contributed by atoms with van der Waals surface area (Å²) in [7, 11) is 0. The van der Waals surface area contributed by atoms with Gasteiger partial charge in [0.2, 0.25) is 0 Å². The summed E-state index contributed by atoms with van der Waals surface area (Å²) >= 11 is 0. The molecule has 2 aromatic heterocycles. The van der Waals surface area contributed by atoms with Crippen molar-refractivity contribution in [1.82, 2.24) is 9.97 Å². The molecular weight excluding hydrogens is 288 g/mol. The Morgan fingerprint density at radius 1 is 1.22 bits per heavy atom. The quantitative estimate of drug-likeness (QED) is 0.747. The van der Waals surface area contributed by atoms with Gasteiger partial charge in [-0.2, -0.15) is 5.26 Å². The normalized spacial score (nSPS) is 15.3. The summed E-state index contributed by atoms with van der Waals surface area (Å²) in [6.45, 7) is 2.07. The molecule has 5 heteroatoms. The van der Waals surface area contributed by atoms with Crippen LogP contribution >= 0.6 is 0 Å². The minimum Gasteiger partial charge on any atom is -0.441 e. The number of furan rings is 1. The standard InChI is InChI=1S/C18H16N4O/c19-12-13(18-20-15-5-1-2-6-16(15)21-18)11-14-7-8-17(23-14)22-9-3-4-10-22/h1-2,5-8,11H,3-4,9-10H2,(H,20,21). The third-order valence-electron chi connectivity index (χ3n) is 4.08. The molecule has 4 rings (SSSR count). The number of imidazole rings is 1. The fourth-order valence-corrected chi connectivity index (χ4v) is 2.90. The number of fused-ring (bicyclic) bond motifs is 1. The van der Waals surface area contributed by atoms with E-state index in [0.717, 1.165) is 30.0 Å². The largest absolute Gasteiger partial charge is 0.441 e. The van der Waals surface area contributed by atoms with Gasteiger partial charge in [0.1, 0.15) is 17.7 Å². The average molecular weight is 304 g/mol. The number of benzene rings is 1. The lowest BCUT2D eigenvalue weighted by atomic mass is 10.2. The number of H-pyrrole nitrogens is 1. The van der Waals surface area contributed by atoms with Gasteiger partial charge in [-0.25, -0.2) is 4.98 Å². The molecule has 0 unspecified atom stereocenters. The highest BCUT2D eigenvalue weighted by Crippen LogP contribution is 2.25. The summed E-state index contributed by atoms with van der Waals surface area (Å²) in [5.41, 5.74) is 2.23. The zero-order valence-corrected chi connectivity index (χ0v) is 12.6. The fraction of sp³-hybridized carbons (Fsp3) is 0.222. The van der Waals surface area contributed by atoms with Gasteiger partial charge < -0.3 is 14.3 Å².